The van der Waals surface area contributed by atoms with Gasteiger partial charge in [0.2, 0.25) is 0 Å². The van der Waals surface area contributed by atoms with Gasteiger partial charge >= 0.3 is 0 Å². The van der Waals surface area contributed by atoms with E-state index in [0.29, 0.717) is 17.6 Å². The molecule has 2 atom stereocenters. The van der Waals surface area contributed by atoms with Gasteiger partial charge in [0.1, 0.15) is 17.1 Å². The van der Waals surface area contributed by atoms with Crippen molar-refractivity contribution < 1.29 is 9.84 Å². The Morgan fingerprint density at radius 2 is 1.76 bits per heavy atom. The Morgan fingerprint density at radius 3 is 2.47 bits per heavy atom. The van der Waals surface area contributed by atoms with Crippen molar-refractivity contribution >= 4 is 0 Å². The predicted molar refractivity (Wildman–Crippen MR) is 158 cm³/mol. The van der Waals surface area contributed by atoms with E-state index in [9.17, 15) is 5.11 Å². The Hall–Kier alpha value is -1.52. The molecule has 38 heavy (non-hydrogen) atoms. The average Bonchev–Trinajstić information content (AvgIpc) is 3.41. The highest BCUT2D eigenvalue weighted by Crippen LogP contribution is 2.55. The molecule has 0 spiro atoms. The van der Waals surface area contributed by atoms with Gasteiger partial charge in [-0.2, -0.15) is 0 Å². The lowest BCUT2D eigenvalue weighted by atomic mass is 9.66. The smallest absolute Gasteiger partial charge is 0.127 e. The van der Waals surface area contributed by atoms with Crippen molar-refractivity contribution in [2.24, 2.45) is 5.92 Å². The maximum absolute atomic E-state index is 11.4. The molecule has 4 heteroatoms. The number of likely N-dealkylation sites (tertiary alicyclic amines) is 2. The monoisotopic (exact) mass is 522 g/mol. The van der Waals surface area contributed by atoms with Crippen LogP contribution in [0, 0.1) is 5.92 Å². The van der Waals surface area contributed by atoms with Crippen molar-refractivity contribution in [3.63, 3.8) is 0 Å². The summed E-state index contributed by atoms with van der Waals surface area (Å²) in [6.45, 7) is 17.6. The van der Waals surface area contributed by atoms with Crippen molar-refractivity contribution in [3.05, 3.63) is 34.9 Å². The molecule has 212 valence electrons. The number of unbranched alkanes of at least 4 members (excludes halogenated alkanes) is 3. The van der Waals surface area contributed by atoms with E-state index in [1.807, 2.05) is 0 Å². The number of rotatable bonds is 9. The molecule has 0 radical (unpaired) electrons. The van der Waals surface area contributed by atoms with E-state index < -0.39 is 0 Å². The van der Waals surface area contributed by atoms with Crippen LogP contribution in [0.1, 0.15) is 122 Å². The minimum atomic E-state index is -0.232. The number of allylic oxidation sites excluding steroid dienone is 1. The molecule has 5 rings (SSSR count). The third-order valence-corrected chi connectivity index (χ3v) is 10.5. The summed E-state index contributed by atoms with van der Waals surface area (Å²) >= 11 is 0. The van der Waals surface area contributed by atoms with Crippen LogP contribution >= 0.6 is 0 Å². The number of nitrogens with zero attached hydrogens (tertiary/aromatic N) is 2. The largest absolute Gasteiger partial charge is 0.508 e. The van der Waals surface area contributed by atoms with Crippen LogP contribution in [0.5, 0.6) is 11.5 Å². The van der Waals surface area contributed by atoms with Crippen LogP contribution in [-0.4, -0.2) is 59.3 Å². The van der Waals surface area contributed by atoms with Gasteiger partial charge in [-0.05, 0) is 108 Å². The molecule has 4 aliphatic rings. The number of piperidine rings is 1. The third kappa shape index (κ3) is 5.97. The molecule has 1 aliphatic carbocycles. The molecule has 0 bridgehead atoms. The zero-order valence-corrected chi connectivity index (χ0v) is 25.0. The van der Waals surface area contributed by atoms with Crippen LogP contribution in [0.15, 0.2) is 23.8 Å². The van der Waals surface area contributed by atoms with Crippen molar-refractivity contribution in [2.45, 2.75) is 128 Å². The number of hydrogen-bond donors (Lipinski definition) is 1. The lowest BCUT2D eigenvalue weighted by molar-refractivity contribution is 0.00669. The number of phenolic OH excluding ortho intramolecular Hbond substituents is 1. The summed E-state index contributed by atoms with van der Waals surface area (Å²) in [6, 6.07) is 5.15. The molecule has 0 amide bonds. The summed E-state index contributed by atoms with van der Waals surface area (Å²) in [4.78, 5) is 5.43. The number of benzene rings is 1. The van der Waals surface area contributed by atoms with Gasteiger partial charge in [0.15, 0.2) is 0 Å². The van der Waals surface area contributed by atoms with Gasteiger partial charge in [-0.1, -0.05) is 58.1 Å². The number of phenols is 1. The Morgan fingerprint density at radius 1 is 1.03 bits per heavy atom. The maximum Gasteiger partial charge on any atom is 0.127 e. The quantitative estimate of drug-likeness (QED) is 0.265. The molecule has 2 saturated heterocycles. The molecular weight excluding hydrogens is 468 g/mol. The predicted octanol–water partition coefficient (Wildman–Crippen LogP) is 7.79. The van der Waals surface area contributed by atoms with Gasteiger partial charge in [-0.3, -0.25) is 4.90 Å². The van der Waals surface area contributed by atoms with E-state index in [4.69, 9.17) is 4.74 Å². The van der Waals surface area contributed by atoms with E-state index in [1.54, 1.807) is 5.57 Å². The van der Waals surface area contributed by atoms with Gasteiger partial charge in [-0.15, -0.1) is 0 Å². The highest BCUT2D eigenvalue weighted by atomic mass is 16.5. The van der Waals surface area contributed by atoms with Gasteiger partial charge in [0, 0.05) is 30.0 Å². The van der Waals surface area contributed by atoms with E-state index >= 15 is 0 Å². The molecule has 3 aliphatic heterocycles. The second-order valence-electron chi connectivity index (χ2n) is 14.1. The molecule has 0 unspecified atom stereocenters. The number of ether oxygens (including phenoxy) is 1. The summed E-state index contributed by atoms with van der Waals surface area (Å²) < 4.78 is 6.69. The fourth-order valence-corrected chi connectivity index (χ4v) is 7.96. The second kappa shape index (κ2) is 11.5. The first-order valence-electron chi connectivity index (χ1n) is 15.9. The zero-order valence-electron chi connectivity index (χ0n) is 25.0. The molecule has 1 aromatic carbocycles. The number of aromatic hydroxyl groups is 1. The third-order valence-electron chi connectivity index (χ3n) is 10.5. The number of hydrogen-bond acceptors (Lipinski definition) is 4. The number of fused-ring (bicyclic) bond motifs is 3. The highest BCUT2D eigenvalue weighted by Gasteiger charge is 2.46. The topological polar surface area (TPSA) is 35.9 Å². The molecule has 3 heterocycles. The van der Waals surface area contributed by atoms with Crippen LogP contribution in [0.4, 0.5) is 0 Å². The van der Waals surface area contributed by atoms with Crippen molar-refractivity contribution in [3.8, 4) is 11.5 Å². The summed E-state index contributed by atoms with van der Waals surface area (Å²) in [5.74, 6) is 2.12. The molecule has 1 N–H and O–H groups in total. The van der Waals surface area contributed by atoms with Gasteiger partial charge in [-0.25, -0.2) is 0 Å². The van der Waals surface area contributed by atoms with Crippen LogP contribution in [0.25, 0.3) is 0 Å². The summed E-state index contributed by atoms with van der Waals surface area (Å²) in [5.41, 5.74) is 3.65. The fourth-order valence-electron chi connectivity index (χ4n) is 7.96. The Balaban J connectivity index is 1.28. The Bertz CT molecular complexity index is 982. The van der Waals surface area contributed by atoms with Crippen LogP contribution in [0.3, 0.4) is 0 Å². The summed E-state index contributed by atoms with van der Waals surface area (Å²) in [7, 11) is 0. The lowest BCUT2D eigenvalue weighted by Crippen LogP contribution is -2.47. The highest BCUT2D eigenvalue weighted by molar-refractivity contribution is 5.54. The van der Waals surface area contributed by atoms with Crippen molar-refractivity contribution in [1.82, 2.24) is 9.80 Å². The summed E-state index contributed by atoms with van der Waals surface area (Å²) in [5, 5.41) is 11.4. The van der Waals surface area contributed by atoms with Crippen LogP contribution in [-0.2, 0) is 5.41 Å². The first kappa shape index (κ1) is 28.0. The maximum atomic E-state index is 11.4. The minimum absolute atomic E-state index is 0.0312. The van der Waals surface area contributed by atoms with Crippen molar-refractivity contribution in [2.75, 3.05) is 32.7 Å². The normalized spacial score (nSPS) is 26.5. The molecule has 2 fully saturated rings. The van der Waals surface area contributed by atoms with Crippen LogP contribution < -0.4 is 4.74 Å². The van der Waals surface area contributed by atoms with Crippen molar-refractivity contribution in [1.29, 1.82) is 0 Å². The van der Waals surface area contributed by atoms with Gasteiger partial charge in [0.25, 0.3) is 0 Å². The molecule has 0 saturated carbocycles. The van der Waals surface area contributed by atoms with Gasteiger partial charge < -0.3 is 14.7 Å². The molecule has 1 aromatic rings. The van der Waals surface area contributed by atoms with E-state index in [-0.39, 0.29) is 11.0 Å². The van der Waals surface area contributed by atoms with E-state index in [1.165, 1.54) is 83.1 Å². The van der Waals surface area contributed by atoms with E-state index in [0.717, 1.165) is 43.2 Å². The zero-order chi connectivity index (χ0) is 26.9. The SMILES string of the molecule is CCCCCCC(C)(C)c1cc(O)c2c(c1)OC(C)(C)[C@H]1CC=C(CN3CCC(N4CCCC4)CC3)C[C@H]21. The summed E-state index contributed by atoms with van der Waals surface area (Å²) in [6.07, 6.45) is 16.2. The average molecular weight is 523 g/mol. The standard InChI is InChI=1S/C34H54N2O2/c1-6-7-8-9-16-33(2,3)26-22-30(37)32-28-21-25(12-13-29(28)34(4,5)38-31(32)23-26)24-35-19-14-27(15-20-35)36-17-10-11-18-36/h12,22-23,27-29,37H,6-11,13-21,24H2,1-5H3/t28-,29-/m0/s1. The van der Waals surface area contributed by atoms with E-state index in [2.05, 4.69) is 62.6 Å². The first-order valence-corrected chi connectivity index (χ1v) is 15.9. The Labute approximate surface area is 232 Å². The minimum Gasteiger partial charge on any atom is -0.508 e. The van der Waals surface area contributed by atoms with Gasteiger partial charge in [0.05, 0.1) is 0 Å². The molecule has 0 aromatic heterocycles. The second-order valence-corrected chi connectivity index (χ2v) is 14.1. The Kier molecular flexibility index (Phi) is 8.50. The first-order chi connectivity index (χ1) is 18.2. The molecular formula is C34H54N2O2. The fraction of sp³-hybridized carbons (Fsp3) is 0.765. The lowest BCUT2D eigenvalue weighted by Gasteiger charge is -2.48. The van der Waals surface area contributed by atoms with Crippen LogP contribution in [0.2, 0.25) is 0 Å². The molecule has 4 nitrogen and oxygen atoms in total.